The van der Waals surface area contributed by atoms with E-state index in [0.717, 1.165) is 36.3 Å². The van der Waals surface area contributed by atoms with E-state index in [4.69, 9.17) is 5.73 Å². The SMILES string of the molecule is CCc1cc(CC(N)c2ccnc(C)c2)n(CC)n1. The molecule has 0 aromatic carbocycles. The Kier molecular flexibility index (Phi) is 4.32. The zero-order valence-electron chi connectivity index (χ0n) is 11.9. The van der Waals surface area contributed by atoms with Crippen LogP contribution in [0.1, 0.15) is 42.5 Å². The standard InChI is InChI=1S/C15H22N4/c1-4-13-9-14(19(5-2)18-13)10-15(16)12-6-7-17-11(3)8-12/h6-9,15H,4-5,10,16H2,1-3H3. The van der Waals surface area contributed by atoms with Gasteiger partial charge in [0.1, 0.15) is 0 Å². The summed E-state index contributed by atoms with van der Waals surface area (Å²) in [4.78, 5) is 4.21. The first-order valence-electron chi connectivity index (χ1n) is 6.87. The molecule has 1 unspecified atom stereocenters. The van der Waals surface area contributed by atoms with Gasteiger partial charge in [-0.05, 0) is 44.0 Å². The zero-order chi connectivity index (χ0) is 13.8. The maximum Gasteiger partial charge on any atom is 0.0624 e. The van der Waals surface area contributed by atoms with Crippen molar-refractivity contribution in [2.75, 3.05) is 0 Å². The summed E-state index contributed by atoms with van der Waals surface area (Å²) < 4.78 is 2.05. The first-order valence-corrected chi connectivity index (χ1v) is 6.87. The molecule has 0 aliphatic heterocycles. The van der Waals surface area contributed by atoms with Crippen molar-refractivity contribution in [3.63, 3.8) is 0 Å². The summed E-state index contributed by atoms with van der Waals surface area (Å²) in [6, 6.07) is 6.20. The number of hydrogen-bond donors (Lipinski definition) is 1. The van der Waals surface area contributed by atoms with Crippen LogP contribution in [-0.2, 0) is 19.4 Å². The molecule has 2 heterocycles. The first-order chi connectivity index (χ1) is 9.13. The van der Waals surface area contributed by atoms with Gasteiger partial charge < -0.3 is 5.73 Å². The second kappa shape index (κ2) is 5.97. The maximum atomic E-state index is 6.30. The number of hydrogen-bond acceptors (Lipinski definition) is 3. The van der Waals surface area contributed by atoms with Crippen LogP contribution in [0.3, 0.4) is 0 Å². The van der Waals surface area contributed by atoms with Crippen LogP contribution in [0.15, 0.2) is 24.4 Å². The molecule has 2 rings (SSSR count). The van der Waals surface area contributed by atoms with Gasteiger partial charge in [-0.3, -0.25) is 9.67 Å². The molecule has 0 aliphatic carbocycles. The topological polar surface area (TPSA) is 56.7 Å². The van der Waals surface area contributed by atoms with E-state index < -0.39 is 0 Å². The second-order valence-electron chi connectivity index (χ2n) is 4.84. The van der Waals surface area contributed by atoms with Crippen LogP contribution < -0.4 is 5.73 Å². The number of nitrogens with zero attached hydrogens (tertiary/aromatic N) is 3. The molecule has 2 aromatic heterocycles. The Hall–Kier alpha value is -1.68. The van der Waals surface area contributed by atoms with Gasteiger partial charge in [-0.2, -0.15) is 5.10 Å². The summed E-state index contributed by atoms with van der Waals surface area (Å²) in [5.74, 6) is 0. The van der Waals surface area contributed by atoms with Crippen LogP contribution >= 0.6 is 0 Å². The average Bonchev–Trinajstić information content (AvgIpc) is 2.81. The monoisotopic (exact) mass is 258 g/mol. The molecule has 2 aromatic rings. The maximum absolute atomic E-state index is 6.30. The largest absolute Gasteiger partial charge is 0.324 e. The lowest BCUT2D eigenvalue weighted by Crippen LogP contribution is -2.16. The Morgan fingerprint density at radius 2 is 2.11 bits per heavy atom. The molecule has 1 atom stereocenters. The van der Waals surface area contributed by atoms with Gasteiger partial charge in [0.2, 0.25) is 0 Å². The molecule has 0 saturated heterocycles. The number of pyridine rings is 1. The normalized spacial score (nSPS) is 12.6. The predicted octanol–water partition coefficient (Wildman–Crippen LogP) is 2.41. The molecular weight excluding hydrogens is 236 g/mol. The van der Waals surface area contributed by atoms with Crippen LogP contribution in [0.25, 0.3) is 0 Å². The molecule has 0 spiro atoms. The third-order valence-electron chi connectivity index (χ3n) is 3.35. The van der Waals surface area contributed by atoms with Crippen LogP contribution in [0.4, 0.5) is 0 Å². The van der Waals surface area contributed by atoms with E-state index in [1.54, 1.807) is 0 Å². The van der Waals surface area contributed by atoms with E-state index in [1.807, 2.05) is 23.9 Å². The molecule has 0 saturated carbocycles. The van der Waals surface area contributed by atoms with E-state index in [-0.39, 0.29) is 6.04 Å². The molecule has 2 N–H and O–H groups in total. The van der Waals surface area contributed by atoms with Crippen LogP contribution in [0.5, 0.6) is 0 Å². The lowest BCUT2D eigenvalue weighted by molar-refractivity contribution is 0.585. The van der Waals surface area contributed by atoms with Crippen molar-refractivity contribution < 1.29 is 0 Å². The molecule has 0 aliphatic rings. The Labute approximate surface area is 114 Å². The molecule has 0 radical (unpaired) electrons. The van der Waals surface area contributed by atoms with E-state index in [0.29, 0.717) is 0 Å². The van der Waals surface area contributed by atoms with Gasteiger partial charge in [-0.15, -0.1) is 0 Å². The van der Waals surface area contributed by atoms with Gasteiger partial charge in [-0.25, -0.2) is 0 Å². The Balaban J connectivity index is 2.18. The lowest BCUT2D eigenvalue weighted by atomic mass is 10.0. The zero-order valence-corrected chi connectivity index (χ0v) is 11.9. The van der Waals surface area contributed by atoms with Crippen molar-refractivity contribution in [2.24, 2.45) is 5.73 Å². The van der Waals surface area contributed by atoms with Gasteiger partial charge in [-0.1, -0.05) is 6.92 Å². The average molecular weight is 258 g/mol. The summed E-state index contributed by atoms with van der Waals surface area (Å²) in [7, 11) is 0. The highest BCUT2D eigenvalue weighted by atomic mass is 15.3. The van der Waals surface area contributed by atoms with E-state index >= 15 is 0 Å². The number of aromatic nitrogens is 3. The highest BCUT2D eigenvalue weighted by Gasteiger charge is 2.12. The summed E-state index contributed by atoms with van der Waals surface area (Å²) in [5.41, 5.74) is 10.8. The predicted molar refractivity (Wildman–Crippen MR) is 76.9 cm³/mol. The highest BCUT2D eigenvalue weighted by Crippen LogP contribution is 2.17. The quantitative estimate of drug-likeness (QED) is 0.896. The van der Waals surface area contributed by atoms with E-state index in [9.17, 15) is 0 Å². The van der Waals surface area contributed by atoms with Crippen LogP contribution in [-0.4, -0.2) is 14.8 Å². The Morgan fingerprint density at radius 3 is 2.74 bits per heavy atom. The molecule has 0 fully saturated rings. The van der Waals surface area contributed by atoms with Gasteiger partial charge >= 0.3 is 0 Å². The minimum atomic E-state index is -0.00611. The third kappa shape index (κ3) is 3.20. The molecule has 0 amide bonds. The first kappa shape index (κ1) is 13.7. The minimum Gasteiger partial charge on any atom is -0.324 e. The molecule has 19 heavy (non-hydrogen) atoms. The Bertz CT molecular complexity index is 545. The number of nitrogens with two attached hydrogens (primary N) is 1. The van der Waals surface area contributed by atoms with Gasteiger partial charge in [0.05, 0.1) is 5.69 Å². The van der Waals surface area contributed by atoms with Crippen LogP contribution in [0, 0.1) is 6.92 Å². The Morgan fingerprint density at radius 1 is 1.32 bits per heavy atom. The van der Waals surface area contributed by atoms with Gasteiger partial charge in [0, 0.05) is 36.6 Å². The van der Waals surface area contributed by atoms with Crippen molar-refractivity contribution in [3.8, 4) is 0 Å². The van der Waals surface area contributed by atoms with Gasteiger partial charge in [0.15, 0.2) is 0 Å². The van der Waals surface area contributed by atoms with Gasteiger partial charge in [0.25, 0.3) is 0 Å². The molecular formula is C15H22N4. The fraction of sp³-hybridized carbons (Fsp3) is 0.467. The summed E-state index contributed by atoms with van der Waals surface area (Å²) in [5, 5.41) is 4.56. The fourth-order valence-electron chi connectivity index (χ4n) is 2.27. The van der Waals surface area contributed by atoms with E-state index in [1.165, 1.54) is 5.69 Å². The lowest BCUT2D eigenvalue weighted by Gasteiger charge is -2.13. The molecule has 4 heteroatoms. The minimum absolute atomic E-state index is 0.00611. The summed E-state index contributed by atoms with van der Waals surface area (Å²) >= 11 is 0. The van der Waals surface area contributed by atoms with Crippen molar-refractivity contribution >= 4 is 0 Å². The summed E-state index contributed by atoms with van der Waals surface area (Å²) in [6.07, 6.45) is 3.59. The molecule has 0 bridgehead atoms. The van der Waals surface area contributed by atoms with Crippen molar-refractivity contribution in [3.05, 3.63) is 47.0 Å². The van der Waals surface area contributed by atoms with Crippen LogP contribution in [0.2, 0.25) is 0 Å². The number of aryl methyl sites for hydroxylation is 3. The number of rotatable bonds is 5. The molecule has 102 valence electrons. The smallest absolute Gasteiger partial charge is 0.0624 e. The fourth-order valence-corrected chi connectivity index (χ4v) is 2.27. The van der Waals surface area contributed by atoms with Crippen molar-refractivity contribution in [1.82, 2.24) is 14.8 Å². The summed E-state index contributed by atoms with van der Waals surface area (Å²) in [6.45, 7) is 7.11. The molecule has 4 nitrogen and oxygen atoms in total. The van der Waals surface area contributed by atoms with E-state index in [2.05, 4.69) is 36.1 Å². The van der Waals surface area contributed by atoms with Crippen molar-refractivity contribution in [2.45, 2.75) is 46.2 Å². The van der Waals surface area contributed by atoms with Crippen molar-refractivity contribution in [1.29, 1.82) is 0 Å². The third-order valence-corrected chi connectivity index (χ3v) is 3.35. The second-order valence-corrected chi connectivity index (χ2v) is 4.84. The highest BCUT2D eigenvalue weighted by molar-refractivity contribution is 5.22.